The fourth-order valence-corrected chi connectivity index (χ4v) is 3.59. The van der Waals surface area contributed by atoms with E-state index < -0.39 is 23.8 Å². The average molecular weight is 311 g/mol. The quantitative estimate of drug-likeness (QED) is 0.880. The first-order valence-corrected chi connectivity index (χ1v) is 7.64. The summed E-state index contributed by atoms with van der Waals surface area (Å²) in [5.74, 6) is -4.45. The second-order valence-electron chi connectivity index (χ2n) is 5.06. The van der Waals surface area contributed by atoms with E-state index in [-0.39, 0.29) is 25.4 Å². The molecule has 6 nitrogen and oxygen atoms in total. The number of hydrogen-bond donors (Lipinski definition) is 2. The lowest BCUT2D eigenvalue weighted by Crippen LogP contribution is -2.48. The number of carbonyl (C=O) groups is 3. The van der Waals surface area contributed by atoms with Crippen molar-refractivity contribution < 1.29 is 24.6 Å². The lowest BCUT2D eigenvalue weighted by molar-refractivity contribution is -0.156. The predicted molar refractivity (Wildman–Crippen MR) is 76.5 cm³/mol. The van der Waals surface area contributed by atoms with Crippen LogP contribution in [-0.2, 0) is 16.0 Å². The van der Waals surface area contributed by atoms with Crippen LogP contribution in [0.5, 0.6) is 0 Å². The summed E-state index contributed by atoms with van der Waals surface area (Å²) in [6, 6.07) is 1.89. The Hall–Kier alpha value is -1.89. The molecular formula is C14H17NO5S. The van der Waals surface area contributed by atoms with Gasteiger partial charge in [0.25, 0.3) is 5.91 Å². The number of rotatable bonds is 4. The van der Waals surface area contributed by atoms with Crippen LogP contribution >= 0.6 is 11.3 Å². The van der Waals surface area contributed by atoms with Crippen molar-refractivity contribution in [3.05, 3.63) is 21.9 Å². The van der Waals surface area contributed by atoms with Gasteiger partial charge in [-0.1, -0.05) is 6.92 Å². The van der Waals surface area contributed by atoms with Crippen LogP contribution in [0.3, 0.4) is 0 Å². The third-order valence-corrected chi connectivity index (χ3v) is 4.80. The first-order valence-electron chi connectivity index (χ1n) is 6.77. The summed E-state index contributed by atoms with van der Waals surface area (Å²) in [5.41, 5.74) is 0.942. The maximum absolute atomic E-state index is 12.5. The van der Waals surface area contributed by atoms with E-state index in [2.05, 4.69) is 0 Å². The van der Waals surface area contributed by atoms with Gasteiger partial charge in [0, 0.05) is 13.1 Å². The lowest BCUT2D eigenvalue weighted by atomic mass is 9.85. The van der Waals surface area contributed by atoms with E-state index in [1.807, 2.05) is 18.4 Å². The Morgan fingerprint density at radius 1 is 1.29 bits per heavy atom. The number of carboxylic acids is 2. The normalized spacial score (nSPS) is 22.0. The van der Waals surface area contributed by atoms with Gasteiger partial charge in [0.15, 0.2) is 0 Å². The highest BCUT2D eigenvalue weighted by Crippen LogP contribution is 2.27. The molecule has 0 bridgehead atoms. The number of nitrogens with zero attached hydrogens (tertiary/aromatic N) is 1. The van der Waals surface area contributed by atoms with Crippen LogP contribution in [0.1, 0.15) is 28.6 Å². The molecule has 1 aromatic heterocycles. The molecule has 1 fully saturated rings. The largest absolute Gasteiger partial charge is 0.481 e. The van der Waals surface area contributed by atoms with Crippen molar-refractivity contribution in [3.8, 4) is 0 Å². The molecular weight excluding hydrogens is 294 g/mol. The number of piperidine rings is 1. The third-order valence-electron chi connectivity index (χ3n) is 3.86. The van der Waals surface area contributed by atoms with Gasteiger partial charge in [-0.2, -0.15) is 0 Å². The molecule has 1 amide bonds. The van der Waals surface area contributed by atoms with E-state index in [1.165, 1.54) is 16.2 Å². The van der Waals surface area contributed by atoms with Gasteiger partial charge in [-0.25, -0.2) is 0 Å². The summed E-state index contributed by atoms with van der Waals surface area (Å²) in [6.45, 7) is 2.18. The van der Waals surface area contributed by atoms with Crippen LogP contribution in [0, 0.1) is 11.8 Å². The molecule has 0 aliphatic carbocycles. The molecule has 114 valence electrons. The minimum absolute atomic E-state index is 0.0494. The number of aryl methyl sites for hydroxylation is 1. The van der Waals surface area contributed by atoms with Gasteiger partial charge in [-0.05, 0) is 29.9 Å². The molecule has 2 unspecified atom stereocenters. The highest BCUT2D eigenvalue weighted by atomic mass is 32.1. The van der Waals surface area contributed by atoms with Crippen LogP contribution in [-0.4, -0.2) is 46.0 Å². The highest BCUT2D eigenvalue weighted by molar-refractivity contribution is 7.12. The molecule has 0 aromatic carbocycles. The number of carboxylic acid groups (broad SMARTS) is 2. The molecule has 2 rings (SSSR count). The monoisotopic (exact) mass is 311 g/mol. The topological polar surface area (TPSA) is 94.9 Å². The predicted octanol–water partition coefficient (Wildman–Crippen LogP) is 1.56. The molecule has 2 N–H and O–H groups in total. The Labute approximate surface area is 126 Å². The Balaban J connectivity index is 2.17. The summed E-state index contributed by atoms with van der Waals surface area (Å²) in [6.07, 6.45) is 0.906. The second kappa shape index (κ2) is 6.26. The Kier molecular flexibility index (Phi) is 4.62. The van der Waals surface area contributed by atoms with Crippen LogP contribution in [0.2, 0.25) is 0 Å². The van der Waals surface area contributed by atoms with E-state index in [9.17, 15) is 19.5 Å². The second-order valence-corrected chi connectivity index (χ2v) is 5.97. The highest BCUT2D eigenvalue weighted by Gasteiger charge is 2.40. The average Bonchev–Trinajstić information content (AvgIpc) is 2.94. The minimum atomic E-state index is -1.17. The summed E-state index contributed by atoms with van der Waals surface area (Å²) < 4.78 is 0. The van der Waals surface area contributed by atoms with Gasteiger partial charge in [-0.3, -0.25) is 14.4 Å². The number of aliphatic carboxylic acids is 2. The van der Waals surface area contributed by atoms with E-state index in [4.69, 9.17) is 5.11 Å². The summed E-state index contributed by atoms with van der Waals surface area (Å²) in [7, 11) is 0. The molecule has 1 aliphatic heterocycles. The van der Waals surface area contributed by atoms with Gasteiger partial charge < -0.3 is 15.1 Å². The molecule has 1 aromatic rings. The molecule has 0 radical (unpaired) electrons. The van der Waals surface area contributed by atoms with Crippen molar-refractivity contribution in [2.24, 2.45) is 11.8 Å². The number of hydrogen-bond acceptors (Lipinski definition) is 4. The SMILES string of the molecule is CCc1ccsc1C(=O)N1CCC(C(=O)O)C(C(=O)O)C1. The maximum Gasteiger partial charge on any atom is 0.309 e. The zero-order valence-electron chi connectivity index (χ0n) is 11.6. The van der Waals surface area contributed by atoms with Crippen molar-refractivity contribution >= 4 is 29.2 Å². The van der Waals surface area contributed by atoms with Crippen molar-refractivity contribution in [1.29, 1.82) is 0 Å². The summed E-state index contributed by atoms with van der Waals surface area (Å²) in [4.78, 5) is 36.9. The Bertz CT molecular complexity index is 567. The number of likely N-dealkylation sites (tertiary alicyclic amines) is 1. The lowest BCUT2D eigenvalue weighted by Gasteiger charge is -2.34. The van der Waals surface area contributed by atoms with Crippen molar-refractivity contribution in [2.75, 3.05) is 13.1 Å². The van der Waals surface area contributed by atoms with E-state index in [0.29, 0.717) is 4.88 Å². The smallest absolute Gasteiger partial charge is 0.309 e. The Morgan fingerprint density at radius 3 is 2.52 bits per heavy atom. The fourth-order valence-electron chi connectivity index (χ4n) is 2.63. The van der Waals surface area contributed by atoms with E-state index >= 15 is 0 Å². The fraction of sp³-hybridized carbons (Fsp3) is 0.500. The molecule has 7 heteroatoms. The maximum atomic E-state index is 12.5. The van der Waals surface area contributed by atoms with Gasteiger partial charge >= 0.3 is 11.9 Å². The molecule has 1 saturated heterocycles. The standard InChI is InChI=1S/C14H17NO5S/c1-2-8-4-6-21-11(8)12(16)15-5-3-9(13(17)18)10(7-15)14(19)20/h4,6,9-10H,2-3,5,7H2,1H3,(H,17,18)(H,19,20). The van der Waals surface area contributed by atoms with Gasteiger partial charge in [0.2, 0.25) is 0 Å². The zero-order valence-corrected chi connectivity index (χ0v) is 12.4. The van der Waals surface area contributed by atoms with Crippen LogP contribution in [0.25, 0.3) is 0 Å². The molecule has 21 heavy (non-hydrogen) atoms. The zero-order chi connectivity index (χ0) is 15.6. The number of carbonyl (C=O) groups excluding carboxylic acids is 1. The van der Waals surface area contributed by atoms with Gasteiger partial charge in [-0.15, -0.1) is 11.3 Å². The Morgan fingerprint density at radius 2 is 1.95 bits per heavy atom. The van der Waals surface area contributed by atoms with Crippen LogP contribution < -0.4 is 0 Å². The van der Waals surface area contributed by atoms with E-state index in [0.717, 1.165) is 12.0 Å². The molecule has 2 atom stereocenters. The third kappa shape index (κ3) is 3.07. The first kappa shape index (κ1) is 15.5. The van der Waals surface area contributed by atoms with Crippen molar-refractivity contribution in [3.63, 3.8) is 0 Å². The van der Waals surface area contributed by atoms with Crippen molar-refractivity contribution in [2.45, 2.75) is 19.8 Å². The number of thiophene rings is 1. The van der Waals surface area contributed by atoms with Gasteiger partial charge in [0.1, 0.15) is 0 Å². The molecule has 1 aliphatic rings. The molecule has 0 saturated carbocycles. The van der Waals surface area contributed by atoms with Crippen LogP contribution in [0.4, 0.5) is 0 Å². The molecule has 0 spiro atoms. The van der Waals surface area contributed by atoms with E-state index in [1.54, 1.807) is 0 Å². The summed E-state index contributed by atoms with van der Waals surface area (Å²) in [5, 5.41) is 20.1. The van der Waals surface area contributed by atoms with Crippen LogP contribution in [0.15, 0.2) is 11.4 Å². The van der Waals surface area contributed by atoms with Crippen molar-refractivity contribution in [1.82, 2.24) is 4.90 Å². The number of amides is 1. The minimum Gasteiger partial charge on any atom is -0.481 e. The first-order chi connectivity index (χ1) is 9.95. The van der Waals surface area contributed by atoms with Gasteiger partial charge in [0.05, 0.1) is 16.7 Å². The summed E-state index contributed by atoms with van der Waals surface area (Å²) >= 11 is 1.34. The molecule has 2 heterocycles.